The van der Waals surface area contributed by atoms with Gasteiger partial charge in [0.25, 0.3) is 0 Å². The molecule has 5 heteroatoms. The van der Waals surface area contributed by atoms with Gasteiger partial charge in [0.05, 0.1) is 7.11 Å². The Morgan fingerprint density at radius 1 is 1.03 bits per heavy atom. The molecule has 1 fully saturated rings. The molecule has 184 valence electrons. The fourth-order valence-corrected chi connectivity index (χ4v) is 5.19. The molecule has 35 heavy (non-hydrogen) atoms. The molecule has 0 spiro atoms. The quantitative estimate of drug-likeness (QED) is 0.350. The van der Waals surface area contributed by atoms with Gasteiger partial charge >= 0.3 is 5.97 Å². The average Bonchev–Trinajstić information content (AvgIpc) is 3.20. The average molecular weight is 477 g/mol. The predicted octanol–water partition coefficient (Wildman–Crippen LogP) is 7.39. The van der Waals surface area contributed by atoms with Gasteiger partial charge in [-0.2, -0.15) is 0 Å². The number of carbonyl (C=O) groups is 1. The van der Waals surface area contributed by atoms with Crippen LogP contribution in [0.5, 0.6) is 11.5 Å². The summed E-state index contributed by atoms with van der Waals surface area (Å²) >= 11 is 0. The minimum atomic E-state index is -0.814. The third-order valence-electron chi connectivity index (χ3n) is 7.14. The van der Waals surface area contributed by atoms with E-state index in [2.05, 4.69) is 19.9 Å². The molecule has 0 radical (unpaired) electrons. The number of carboxylic acid groups (broad SMARTS) is 1. The van der Waals surface area contributed by atoms with Gasteiger partial charge in [-0.15, -0.1) is 0 Å². The summed E-state index contributed by atoms with van der Waals surface area (Å²) in [6, 6.07) is 18.6. The number of hydrogen-bond acceptors (Lipinski definition) is 3. The molecule has 0 saturated heterocycles. The van der Waals surface area contributed by atoms with E-state index in [1.54, 1.807) is 19.2 Å². The van der Waals surface area contributed by atoms with Crippen LogP contribution in [0.1, 0.15) is 62.1 Å². The Bertz CT molecular complexity index is 1200. The molecule has 0 bridgehead atoms. The summed E-state index contributed by atoms with van der Waals surface area (Å²) in [6.07, 6.45) is 3.92. The first kappa shape index (κ1) is 24.8. The standard InChI is InChI=1S/C30H33FO4/c1-30(2)15-5-8-27(30)25-17-21(9-12-24(25)26-18-22(34-3)11-13-28(26)31)19-35-23-7-4-6-20(16-23)10-14-29(32)33/h4,6-7,9,11-13,16-18,27H,5,8,10,14-15,19H2,1-3H3,(H,32,33). The van der Waals surface area contributed by atoms with E-state index >= 15 is 0 Å². The molecule has 1 N–H and O–H groups in total. The Hall–Kier alpha value is -3.34. The second-order valence-corrected chi connectivity index (χ2v) is 10.0. The van der Waals surface area contributed by atoms with Crippen LogP contribution in [0.15, 0.2) is 60.7 Å². The highest BCUT2D eigenvalue weighted by molar-refractivity contribution is 5.71. The van der Waals surface area contributed by atoms with E-state index in [9.17, 15) is 9.18 Å². The zero-order valence-electron chi connectivity index (χ0n) is 20.6. The lowest BCUT2D eigenvalue weighted by Gasteiger charge is -2.30. The van der Waals surface area contributed by atoms with Crippen LogP contribution < -0.4 is 9.47 Å². The number of benzene rings is 3. The van der Waals surface area contributed by atoms with Crippen LogP contribution in [-0.2, 0) is 17.8 Å². The molecule has 1 unspecified atom stereocenters. The van der Waals surface area contributed by atoms with E-state index in [1.165, 1.54) is 6.07 Å². The molecule has 4 rings (SSSR count). The Balaban J connectivity index is 1.64. The molecule has 0 amide bonds. The summed E-state index contributed by atoms with van der Waals surface area (Å²) in [7, 11) is 1.59. The Morgan fingerprint density at radius 2 is 1.86 bits per heavy atom. The van der Waals surface area contributed by atoms with Crippen molar-refractivity contribution in [2.45, 2.75) is 58.5 Å². The van der Waals surface area contributed by atoms with Crippen LogP contribution in [0.2, 0.25) is 0 Å². The maximum Gasteiger partial charge on any atom is 0.303 e. The van der Waals surface area contributed by atoms with E-state index in [4.69, 9.17) is 14.6 Å². The predicted molar refractivity (Wildman–Crippen MR) is 135 cm³/mol. The van der Waals surface area contributed by atoms with Gasteiger partial charge < -0.3 is 14.6 Å². The van der Waals surface area contributed by atoms with Crippen molar-refractivity contribution in [3.05, 3.63) is 83.2 Å². The Kier molecular flexibility index (Phi) is 7.44. The Labute approximate surface area is 206 Å². The van der Waals surface area contributed by atoms with E-state index in [1.807, 2.05) is 36.4 Å². The number of ether oxygens (including phenoxy) is 2. The Morgan fingerprint density at radius 3 is 2.57 bits per heavy atom. The second kappa shape index (κ2) is 10.5. The number of methoxy groups -OCH3 is 1. The van der Waals surface area contributed by atoms with Crippen LogP contribution >= 0.6 is 0 Å². The molecule has 1 aliphatic carbocycles. The minimum Gasteiger partial charge on any atom is -0.497 e. The third-order valence-corrected chi connectivity index (χ3v) is 7.14. The lowest BCUT2D eigenvalue weighted by molar-refractivity contribution is -0.136. The van der Waals surface area contributed by atoms with E-state index < -0.39 is 5.97 Å². The summed E-state index contributed by atoms with van der Waals surface area (Å²) in [6.45, 7) is 4.97. The van der Waals surface area contributed by atoms with Crippen molar-refractivity contribution in [3.8, 4) is 22.6 Å². The maximum atomic E-state index is 15.0. The normalized spacial score (nSPS) is 16.7. The topological polar surface area (TPSA) is 55.8 Å². The van der Waals surface area contributed by atoms with Crippen LogP contribution in [0.3, 0.4) is 0 Å². The fraction of sp³-hybridized carbons (Fsp3) is 0.367. The van der Waals surface area contributed by atoms with Gasteiger partial charge in [0, 0.05) is 12.0 Å². The first-order valence-corrected chi connectivity index (χ1v) is 12.2. The zero-order chi connectivity index (χ0) is 25.0. The summed E-state index contributed by atoms with van der Waals surface area (Å²) in [4.78, 5) is 10.9. The van der Waals surface area contributed by atoms with Gasteiger partial charge in [0.1, 0.15) is 23.9 Å². The van der Waals surface area contributed by atoms with E-state index in [0.29, 0.717) is 36.0 Å². The van der Waals surface area contributed by atoms with Crippen LogP contribution in [-0.4, -0.2) is 18.2 Å². The van der Waals surface area contributed by atoms with Crippen LogP contribution in [0.25, 0.3) is 11.1 Å². The van der Waals surface area contributed by atoms with Crippen molar-refractivity contribution in [1.29, 1.82) is 0 Å². The number of hydrogen-bond donors (Lipinski definition) is 1. The monoisotopic (exact) mass is 476 g/mol. The summed E-state index contributed by atoms with van der Waals surface area (Å²) in [5.74, 6) is 0.588. The second-order valence-electron chi connectivity index (χ2n) is 10.0. The number of rotatable bonds is 9. The van der Waals surface area contributed by atoms with Gasteiger partial charge in [-0.25, -0.2) is 4.39 Å². The molecule has 0 heterocycles. The van der Waals surface area contributed by atoms with Gasteiger partial charge in [0.2, 0.25) is 0 Å². The summed E-state index contributed by atoms with van der Waals surface area (Å²) < 4.78 is 26.4. The van der Waals surface area contributed by atoms with Gasteiger partial charge in [0.15, 0.2) is 0 Å². The molecule has 0 aliphatic heterocycles. The SMILES string of the molecule is COc1ccc(F)c(-c2ccc(COc3cccc(CCC(=O)O)c3)cc2C2CCCC2(C)C)c1. The van der Waals surface area contributed by atoms with Crippen molar-refractivity contribution >= 4 is 5.97 Å². The smallest absolute Gasteiger partial charge is 0.303 e. The number of aryl methyl sites for hydroxylation is 1. The molecule has 4 nitrogen and oxygen atoms in total. The maximum absolute atomic E-state index is 15.0. The van der Waals surface area contributed by atoms with Crippen molar-refractivity contribution in [2.24, 2.45) is 5.41 Å². The summed E-state index contributed by atoms with van der Waals surface area (Å²) in [5.41, 5.74) is 4.69. The lowest BCUT2D eigenvalue weighted by Crippen LogP contribution is -2.17. The van der Waals surface area contributed by atoms with Crippen LogP contribution in [0.4, 0.5) is 4.39 Å². The molecule has 1 atom stereocenters. The van der Waals surface area contributed by atoms with Crippen molar-refractivity contribution < 1.29 is 23.8 Å². The summed E-state index contributed by atoms with van der Waals surface area (Å²) in [5, 5.41) is 8.94. The highest BCUT2D eigenvalue weighted by Crippen LogP contribution is 2.51. The molecule has 1 saturated carbocycles. The molecule has 0 aromatic heterocycles. The first-order chi connectivity index (χ1) is 16.8. The van der Waals surface area contributed by atoms with E-state index in [-0.39, 0.29) is 17.7 Å². The number of halogens is 1. The zero-order valence-corrected chi connectivity index (χ0v) is 20.6. The largest absolute Gasteiger partial charge is 0.497 e. The van der Waals surface area contributed by atoms with Gasteiger partial charge in [-0.3, -0.25) is 4.79 Å². The number of carboxylic acids is 1. The van der Waals surface area contributed by atoms with Crippen LogP contribution in [0, 0.1) is 11.2 Å². The molecule has 1 aliphatic rings. The van der Waals surface area contributed by atoms with Gasteiger partial charge in [-0.05, 0) is 83.2 Å². The highest BCUT2D eigenvalue weighted by Gasteiger charge is 2.37. The minimum absolute atomic E-state index is 0.0896. The lowest BCUT2D eigenvalue weighted by atomic mass is 9.75. The molecule has 3 aromatic carbocycles. The molecular weight excluding hydrogens is 443 g/mol. The molecule has 3 aromatic rings. The highest BCUT2D eigenvalue weighted by atomic mass is 19.1. The van der Waals surface area contributed by atoms with Crippen molar-refractivity contribution in [1.82, 2.24) is 0 Å². The number of aliphatic carboxylic acids is 1. The van der Waals surface area contributed by atoms with Crippen molar-refractivity contribution in [3.63, 3.8) is 0 Å². The van der Waals surface area contributed by atoms with E-state index in [0.717, 1.165) is 41.5 Å². The van der Waals surface area contributed by atoms with Gasteiger partial charge in [-0.1, -0.05) is 50.6 Å². The molecular formula is C30H33FO4. The fourth-order valence-electron chi connectivity index (χ4n) is 5.19. The van der Waals surface area contributed by atoms with Crippen molar-refractivity contribution in [2.75, 3.05) is 7.11 Å². The first-order valence-electron chi connectivity index (χ1n) is 12.2. The third kappa shape index (κ3) is 5.84.